The fourth-order valence-corrected chi connectivity index (χ4v) is 2.07. The maximum Gasteiger partial charge on any atom is 0.0541 e. The van der Waals surface area contributed by atoms with Crippen molar-refractivity contribution in [2.75, 3.05) is 26.7 Å². The number of pyridine rings is 1. The average Bonchev–Trinajstić information content (AvgIpc) is 2.52. The zero-order valence-electron chi connectivity index (χ0n) is 12.1. The Bertz CT molecular complexity index is 470. The minimum absolute atomic E-state index is 0.841. The molecule has 3 heteroatoms. The second-order valence-electron chi connectivity index (χ2n) is 5.04. The molecule has 0 aliphatic rings. The Morgan fingerprint density at radius 3 is 2.55 bits per heavy atom. The summed E-state index contributed by atoms with van der Waals surface area (Å²) in [5, 5.41) is 3.43. The number of benzene rings is 1. The molecule has 1 heterocycles. The molecule has 3 nitrogen and oxygen atoms in total. The normalized spacial score (nSPS) is 10.9. The van der Waals surface area contributed by atoms with Gasteiger partial charge in [0.15, 0.2) is 0 Å². The van der Waals surface area contributed by atoms with Gasteiger partial charge in [-0.05, 0) is 31.2 Å². The van der Waals surface area contributed by atoms with Crippen molar-refractivity contribution in [1.82, 2.24) is 15.2 Å². The molecule has 20 heavy (non-hydrogen) atoms. The van der Waals surface area contributed by atoms with Crippen LogP contribution < -0.4 is 5.32 Å². The van der Waals surface area contributed by atoms with Crippen molar-refractivity contribution < 1.29 is 0 Å². The van der Waals surface area contributed by atoms with Crippen molar-refractivity contribution in [3.8, 4) is 0 Å². The molecule has 0 radical (unpaired) electrons. The molecule has 0 amide bonds. The number of rotatable bonds is 8. The smallest absolute Gasteiger partial charge is 0.0541 e. The summed E-state index contributed by atoms with van der Waals surface area (Å²) in [6.45, 7) is 3.98. The molecule has 0 aliphatic heterocycles. The SMILES string of the molecule is CN(CCNCc1ccccn1)CCc1ccccc1. The molecule has 0 saturated carbocycles. The van der Waals surface area contributed by atoms with Crippen LogP contribution in [0, 0.1) is 0 Å². The van der Waals surface area contributed by atoms with Crippen molar-refractivity contribution in [2.24, 2.45) is 0 Å². The molecule has 1 N–H and O–H groups in total. The zero-order chi connectivity index (χ0) is 14.0. The van der Waals surface area contributed by atoms with E-state index in [1.165, 1.54) is 5.56 Å². The molecule has 0 atom stereocenters. The highest BCUT2D eigenvalue weighted by molar-refractivity contribution is 5.14. The summed E-state index contributed by atoms with van der Waals surface area (Å²) in [7, 11) is 2.17. The number of hydrogen-bond donors (Lipinski definition) is 1. The van der Waals surface area contributed by atoms with E-state index in [0.29, 0.717) is 0 Å². The standard InChI is InChI=1S/C17H23N3/c1-20(13-10-16-7-3-2-4-8-16)14-12-18-15-17-9-5-6-11-19-17/h2-9,11,18H,10,12-15H2,1H3. The third kappa shape index (κ3) is 5.51. The lowest BCUT2D eigenvalue weighted by Crippen LogP contribution is -2.30. The number of aromatic nitrogens is 1. The molecule has 0 unspecified atom stereocenters. The van der Waals surface area contributed by atoms with Crippen molar-refractivity contribution in [2.45, 2.75) is 13.0 Å². The molecule has 1 aromatic heterocycles. The lowest BCUT2D eigenvalue weighted by Gasteiger charge is -2.16. The Balaban J connectivity index is 1.57. The molecule has 0 bridgehead atoms. The number of hydrogen-bond acceptors (Lipinski definition) is 3. The summed E-state index contributed by atoms with van der Waals surface area (Å²) in [4.78, 5) is 6.65. The molecule has 106 valence electrons. The van der Waals surface area contributed by atoms with Gasteiger partial charge in [0.1, 0.15) is 0 Å². The maximum absolute atomic E-state index is 4.30. The highest BCUT2D eigenvalue weighted by atomic mass is 15.1. The van der Waals surface area contributed by atoms with Gasteiger partial charge in [-0.2, -0.15) is 0 Å². The van der Waals surface area contributed by atoms with Gasteiger partial charge < -0.3 is 10.2 Å². The molecular formula is C17H23N3. The van der Waals surface area contributed by atoms with Crippen molar-refractivity contribution in [1.29, 1.82) is 0 Å². The Labute approximate surface area is 121 Å². The molecule has 1 aromatic carbocycles. The first-order valence-corrected chi connectivity index (χ1v) is 7.18. The van der Waals surface area contributed by atoms with Gasteiger partial charge in [0.05, 0.1) is 5.69 Å². The van der Waals surface area contributed by atoms with Crippen molar-refractivity contribution >= 4 is 0 Å². The predicted octanol–water partition coefficient (Wildman–Crippen LogP) is 2.35. The van der Waals surface area contributed by atoms with Gasteiger partial charge in [0.2, 0.25) is 0 Å². The van der Waals surface area contributed by atoms with Gasteiger partial charge in [-0.25, -0.2) is 0 Å². The van der Waals surface area contributed by atoms with E-state index >= 15 is 0 Å². The minimum atomic E-state index is 0.841. The monoisotopic (exact) mass is 269 g/mol. The average molecular weight is 269 g/mol. The van der Waals surface area contributed by atoms with Crippen LogP contribution in [0.1, 0.15) is 11.3 Å². The fraction of sp³-hybridized carbons (Fsp3) is 0.353. The van der Waals surface area contributed by atoms with Crippen LogP contribution in [0.2, 0.25) is 0 Å². The van der Waals surface area contributed by atoms with E-state index in [0.717, 1.165) is 38.3 Å². The molecule has 0 fully saturated rings. The summed E-state index contributed by atoms with van der Waals surface area (Å²) in [5.41, 5.74) is 2.50. The van der Waals surface area contributed by atoms with Gasteiger partial charge in [-0.3, -0.25) is 4.98 Å². The summed E-state index contributed by atoms with van der Waals surface area (Å²) >= 11 is 0. The van der Waals surface area contributed by atoms with E-state index in [1.54, 1.807) is 0 Å². The van der Waals surface area contributed by atoms with Gasteiger partial charge >= 0.3 is 0 Å². The molecule has 0 aliphatic carbocycles. The quantitative estimate of drug-likeness (QED) is 0.746. The molecule has 0 saturated heterocycles. The molecule has 2 rings (SSSR count). The van der Waals surface area contributed by atoms with Crippen LogP contribution >= 0.6 is 0 Å². The lowest BCUT2D eigenvalue weighted by atomic mass is 10.1. The highest BCUT2D eigenvalue weighted by Gasteiger charge is 1.99. The first kappa shape index (κ1) is 14.7. The van der Waals surface area contributed by atoms with E-state index in [4.69, 9.17) is 0 Å². The van der Waals surface area contributed by atoms with E-state index in [9.17, 15) is 0 Å². The topological polar surface area (TPSA) is 28.2 Å². The van der Waals surface area contributed by atoms with E-state index < -0.39 is 0 Å². The van der Waals surface area contributed by atoms with Gasteiger partial charge in [-0.1, -0.05) is 36.4 Å². The predicted molar refractivity (Wildman–Crippen MR) is 83.6 cm³/mol. The Kier molecular flexibility index (Phi) is 6.21. The first-order chi connectivity index (χ1) is 9.84. The van der Waals surface area contributed by atoms with Gasteiger partial charge in [-0.15, -0.1) is 0 Å². The second kappa shape index (κ2) is 8.46. The Morgan fingerprint density at radius 1 is 1.00 bits per heavy atom. The van der Waals surface area contributed by atoms with E-state index in [1.807, 2.05) is 24.4 Å². The minimum Gasteiger partial charge on any atom is -0.310 e. The fourth-order valence-electron chi connectivity index (χ4n) is 2.07. The summed E-state index contributed by atoms with van der Waals surface area (Å²) < 4.78 is 0. The second-order valence-corrected chi connectivity index (χ2v) is 5.04. The van der Waals surface area contributed by atoms with E-state index in [2.05, 4.69) is 52.6 Å². The number of likely N-dealkylation sites (N-methyl/N-ethyl adjacent to an activating group) is 1. The van der Waals surface area contributed by atoms with Crippen molar-refractivity contribution in [3.63, 3.8) is 0 Å². The van der Waals surface area contributed by atoms with Gasteiger partial charge in [0, 0.05) is 32.4 Å². The van der Waals surface area contributed by atoms with Crippen LogP contribution in [-0.2, 0) is 13.0 Å². The van der Waals surface area contributed by atoms with Crippen LogP contribution in [0.25, 0.3) is 0 Å². The van der Waals surface area contributed by atoms with Gasteiger partial charge in [0.25, 0.3) is 0 Å². The van der Waals surface area contributed by atoms with Crippen LogP contribution in [0.3, 0.4) is 0 Å². The molecule has 2 aromatic rings. The summed E-state index contributed by atoms with van der Waals surface area (Å²) in [6, 6.07) is 16.7. The summed E-state index contributed by atoms with van der Waals surface area (Å²) in [6.07, 6.45) is 2.95. The number of nitrogens with zero attached hydrogens (tertiary/aromatic N) is 2. The Hall–Kier alpha value is -1.71. The molecule has 0 spiro atoms. The van der Waals surface area contributed by atoms with E-state index in [-0.39, 0.29) is 0 Å². The largest absolute Gasteiger partial charge is 0.310 e. The third-order valence-electron chi connectivity index (χ3n) is 3.33. The summed E-state index contributed by atoms with van der Waals surface area (Å²) in [5.74, 6) is 0. The van der Waals surface area contributed by atoms with Crippen LogP contribution in [0.15, 0.2) is 54.7 Å². The maximum atomic E-state index is 4.30. The molecular weight excluding hydrogens is 246 g/mol. The lowest BCUT2D eigenvalue weighted by molar-refractivity contribution is 0.335. The number of nitrogens with one attached hydrogen (secondary N) is 1. The highest BCUT2D eigenvalue weighted by Crippen LogP contribution is 2.00. The third-order valence-corrected chi connectivity index (χ3v) is 3.33. The first-order valence-electron chi connectivity index (χ1n) is 7.18. The zero-order valence-corrected chi connectivity index (χ0v) is 12.1. The van der Waals surface area contributed by atoms with Crippen LogP contribution in [0.5, 0.6) is 0 Å². The van der Waals surface area contributed by atoms with Crippen LogP contribution in [-0.4, -0.2) is 36.6 Å². The Morgan fingerprint density at radius 2 is 1.80 bits per heavy atom. The van der Waals surface area contributed by atoms with Crippen molar-refractivity contribution in [3.05, 3.63) is 66.0 Å². The van der Waals surface area contributed by atoms with Crippen LogP contribution in [0.4, 0.5) is 0 Å².